The first-order valence-electron chi connectivity index (χ1n) is 9.97. The SMILES string of the molecule is CCOc1cc(/C=N/NC(=O)c2ccc(Br)cc2)ccc1Oc1ccc(C(F)(F)F)cc1[N+](=O)[O-]. The third-order valence-electron chi connectivity index (χ3n) is 4.46. The summed E-state index contributed by atoms with van der Waals surface area (Å²) in [7, 11) is 0. The number of hydrogen-bond donors (Lipinski definition) is 1. The minimum Gasteiger partial charge on any atom is -0.490 e. The number of hydrazone groups is 1. The third kappa shape index (κ3) is 6.79. The van der Waals surface area contributed by atoms with Crippen molar-refractivity contribution in [3.05, 3.63) is 91.9 Å². The van der Waals surface area contributed by atoms with E-state index >= 15 is 0 Å². The van der Waals surface area contributed by atoms with Crippen LogP contribution >= 0.6 is 15.9 Å². The molecule has 182 valence electrons. The van der Waals surface area contributed by atoms with Crippen molar-refractivity contribution in [3.63, 3.8) is 0 Å². The molecule has 0 spiro atoms. The number of nitrogens with zero attached hydrogens (tertiary/aromatic N) is 2. The van der Waals surface area contributed by atoms with Gasteiger partial charge in [0.1, 0.15) is 0 Å². The standard InChI is InChI=1S/C23H17BrF3N3O5/c1-2-34-21-11-14(13-28-29-22(31)15-4-7-17(24)8-5-15)3-9-20(21)35-19-10-6-16(23(25,26)27)12-18(19)30(32)33/h3-13H,2H2,1H3,(H,29,31)/b28-13+. The van der Waals surface area contributed by atoms with Crippen LogP contribution in [0.1, 0.15) is 28.4 Å². The number of nitro benzene ring substituents is 1. The van der Waals surface area contributed by atoms with Crippen LogP contribution < -0.4 is 14.9 Å². The van der Waals surface area contributed by atoms with Crippen LogP contribution in [0.2, 0.25) is 0 Å². The number of ether oxygens (including phenoxy) is 2. The molecule has 3 aromatic rings. The van der Waals surface area contributed by atoms with E-state index in [4.69, 9.17) is 9.47 Å². The highest BCUT2D eigenvalue weighted by molar-refractivity contribution is 9.10. The lowest BCUT2D eigenvalue weighted by Crippen LogP contribution is -2.17. The molecule has 3 rings (SSSR count). The predicted octanol–water partition coefficient (Wildman–Crippen LogP) is 6.33. The van der Waals surface area contributed by atoms with E-state index in [1.807, 2.05) is 0 Å². The van der Waals surface area contributed by atoms with E-state index in [1.54, 1.807) is 31.2 Å². The zero-order chi connectivity index (χ0) is 25.6. The second-order valence-electron chi connectivity index (χ2n) is 6.88. The van der Waals surface area contributed by atoms with Gasteiger partial charge in [0.15, 0.2) is 11.5 Å². The maximum absolute atomic E-state index is 12.9. The lowest BCUT2D eigenvalue weighted by Gasteiger charge is -2.13. The molecule has 1 amide bonds. The Balaban J connectivity index is 1.81. The van der Waals surface area contributed by atoms with Crippen LogP contribution in [0.15, 0.2) is 70.2 Å². The Labute approximate surface area is 205 Å². The van der Waals surface area contributed by atoms with Crippen molar-refractivity contribution in [2.45, 2.75) is 13.1 Å². The van der Waals surface area contributed by atoms with Crippen LogP contribution in [0.4, 0.5) is 18.9 Å². The van der Waals surface area contributed by atoms with Crippen LogP contribution in [-0.4, -0.2) is 23.7 Å². The van der Waals surface area contributed by atoms with E-state index in [0.717, 1.165) is 10.5 Å². The number of rotatable bonds is 8. The van der Waals surface area contributed by atoms with Gasteiger partial charge in [-0.25, -0.2) is 5.43 Å². The molecule has 3 aromatic carbocycles. The van der Waals surface area contributed by atoms with E-state index in [-0.39, 0.29) is 23.9 Å². The summed E-state index contributed by atoms with van der Waals surface area (Å²) in [5.41, 5.74) is 1.28. The van der Waals surface area contributed by atoms with Gasteiger partial charge in [-0.1, -0.05) is 15.9 Å². The highest BCUT2D eigenvalue weighted by Crippen LogP contribution is 2.40. The summed E-state index contributed by atoms with van der Waals surface area (Å²) in [4.78, 5) is 22.5. The molecule has 12 heteroatoms. The number of alkyl halides is 3. The van der Waals surface area contributed by atoms with Gasteiger partial charge in [0, 0.05) is 16.1 Å². The molecule has 0 bridgehead atoms. The van der Waals surface area contributed by atoms with Crippen molar-refractivity contribution in [3.8, 4) is 17.2 Å². The van der Waals surface area contributed by atoms with Crippen LogP contribution in [-0.2, 0) is 6.18 Å². The third-order valence-corrected chi connectivity index (χ3v) is 4.99. The summed E-state index contributed by atoms with van der Waals surface area (Å²) in [6, 6.07) is 13.1. The predicted molar refractivity (Wildman–Crippen MR) is 125 cm³/mol. The van der Waals surface area contributed by atoms with Gasteiger partial charge in [-0.2, -0.15) is 18.3 Å². The van der Waals surface area contributed by atoms with Crippen LogP contribution in [0.3, 0.4) is 0 Å². The Morgan fingerprint density at radius 3 is 2.40 bits per heavy atom. The van der Waals surface area contributed by atoms with Gasteiger partial charge in [0.25, 0.3) is 5.91 Å². The molecule has 0 radical (unpaired) electrons. The van der Waals surface area contributed by atoms with Crippen molar-refractivity contribution >= 4 is 33.7 Å². The monoisotopic (exact) mass is 551 g/mol. The molecule has 0 unspecified atom stereocenters. The molecule has 0 aromatic heterocycles. The van der Waals surface area contributed by atoms with Gasteiger partial charge in [0.05, 0.1) is 23.3 Å². The average molecular weight is 552 g/mol. The first-order valence-corrected chi connectivity index (χ1v) is 10.8. The minimum absolute atomic E-state index is 0.0470. The van der Waals surface area contributed by atoms with Crippen LogP contribution in [0.25, 0.3) is 0 Å². The molecule has 0 saturated heterocycles. The molecule has 0 fully saturated rings. The quantitative estimate of drug-likeness (QED) is 0.200. The summed E-state index contributed by atoms with van der Waals surface area (Å²) in [5, 5.41) is 15.2. The largest absolute Gasteiger partial charge is 0.490 e. The van der Waals surface area contributed by atoms with E-state index in [0.29, 0.717) is 23.3 Å². The Morgan fingerprint density at radius 2 is 1.77 bits per heavy atom. The second kappa shape index (κ2) is 11.0. The Bertz CT molecular complexity index is 1260. The number of nitrogens with one attached hydrogen (secondary N) is 1. The highest BCUT2D eigenvalue weighted by atomic mass is 79.9. The van der Waals surface area contributed by atoms with Gasteiger partial charge in [-0.15, -0.1) is 0 Å². The molecule has 8 nitrogen and oxygen atoms in total. The van der Waals surface area contributed by atoms with Gasteiger partial charge in [-0.05, 0) is 67.1 Å². The number of benzene rings is 3. The van der Waals surface area contributed by atoms with Crippen molar-refractivity contribution in [2.24, 2.45) is 5.10 Å². The normalized spacial score (nSPS) is 11.3. The summed E-state index contributed by atoms with van der Waals surface area (Å²) in [6.45, 7) is 1.91. The molecular weight excluding hydrogens is 535 g/mol. The first kappa shape index (κ1) is 25.7. The topological polar surface area (TPSA) is 103 Å². The Kier molecular flexibility index (Phi) is 8.07. The molecule has 0 aliphatic carbocycles. The lowest BCUT2D eigenvalue weighted by molar-refractivity contribution is -0.385. The smallest absolute Gasteiger partial charge is 0.416 e. The summed E-state index contributed by atoms with van der Waals surface area (Å²) in [6.07, 6.45) is -3.39. The second-order valence-corrected chi connectivity index (χ2v) is 7.80. The molecule has 35 heavy (non-hydrogen) atoms. The average Bonchev–Trinajstić information content (AvgIpc) is 2.80. The molecule has 0 aliphatic heterocycles. The maximum Gasteiger partial charge on any atom is 0.416 e. The number of hydrogen-bond acceptors (Lipinski definition) is 6. The van der Waals surface area contributed by atoms with Crippen molar-refractivity contribution < 1.29 is 32.4 Å². The van der Waals surface area contributed by atoms with Gasteiger partial charge < -0.3 is 9.47 Å². The van der Waals surface area contributed by atoms with Gasteiger partial charge in [-0.3, -0.25) is 14.9 Å². The molecule has 0 atom stereocenters. The van der Waals surface area contributed by atoms with Crippen LogP contribution in [0, 0.1) is 10.1 Å². The number of nitro groups is 1. The fourth-order valence-electron chi connectivity index (χ4n) is 2.83. The Morgan fingerprint density at radius 1 is 1.09 bits per heavy atom. The van der Waals surface area contributed by atoms with Crippen molar-refractivity contribution in [2.75, 3.05) is 6.61 Å². The van der Waals surface area contributed by atoms with Crippen molar-refractivity contribution in [1.82, 2.24) is 5.43 Å². The van der Waals surface area contributed by atoms with E-state index < -0.39 is 28.3 Å². The van der Waals surface area contributed by atoms with Gasteiger partial charge >= 0.3 is 11.9 Å². The van der Waals surface area contributed by atoms with Crippen LogP contribution in [0.5, 0.6) is 17.2 Å². The molecule has 0 saturated carbocycles. The number of carbonyl (C=O) groups excluding carboxylic acids is 1. The number of amides is 1. The molecular formula is C23H17BrF3N3O5. The highest BCUT2D eigenvalue weighted by Gasteiger charge is 2.33. The lowest BCUT2D eigenvalue weighted by atomic mass is 10.1. The van der Waals surface area contributed by atoms with Gasteiger partial charge in [0.2, 0.25) is 5.75 Å². The Hall–Kier alpha value is -3.93. The van der Waals surface area contributed by atoms with E-state index in [1.165, 1.54) is 24.4 Å². The maximum atomic E-state index is 12.9. The van der Waals surface area contributed by atoms with E-state index in [2.05, 4.69) is 26.5 Å². The zero-order valence-electron chi connectivity index (χ0n) is 18.0. The molecule has 0 aliphatic rings. The van der Waals surface area contributed by atoms with E-state index in [9.17, 15) is 28.1 Å². The fourth-order valence-corrected chi connectivity index (χ4v) is 3.09. The fraction of sp³-hybridized carbons (Fsp3) is 0.130. The minimum atomic E-state index is -4.74. The number of halogens is 4. The van der Waals surface area contributed by atoms with Crippen molar-refractivity contribution in [1.29, 1.82) is 0 Å². The zero-order valence-corrected chi connectivity index (χ0v) is 19.6. The summed E-state index contributed by atoms with van der Waals surface area (Å²) >= 11 is 3.28. The molecule has 1 N–H and O–H groups in total. The summed E-state index contributed by atoms with van der Waals surface area (Å²) < 4.78 is 50.7. The molecule has 0 heterocycles. The summed E-state index contributed by atoms with van der Waals surface area (Å²) in [5.74, 6) is -0.587. The number of carbonyl (C=O) groups is 1. The first-order chi connectivity index (χ1) is 16.6.